The molecule has 3 rings (SSSR count). The molecule has 1 unspecified atom stereocenters. The number of hydrogen-bond donors (Lipinski definition) is 2. The zero-order chi connectivity index (χ0) is 25.9. The Bertz CT molecular complexity index is 1180. The number of ketones is 1. The maximum absolute atomic E-state index is 13.6. The molecule has 0 bridgehead atoms. The van der Waals surface area contributed by atoms with Gasteiger partial charge in [0.05, 0.1) is 32.7 Å². The third-order valence-corrected chi connectivity index (χ3v) is 7.69. The normalized spacial score (nSPS) is 14.1. The maximum Gasteiger partial charge on any atom is 0.305 e. The highest BCUT2D eigenvalue weighted by molar-refractivity contribution is 7.99. The van der Waals surface area contributed by atoms with Crippen LogP contribution in [-0.4, -0.2) is 41.4 Å². The van der Waals surface area contributed by atoms with E-state index in [2.05, 4.69) is 5.32 Å². The second-order valence-corrected chi connectivity index (χ2v) is 10.2. The molecule has 0 aliphatic carbocycles. The minimum atomic E-state index is -1.52. The molecule has 0 spiro atoms. The number of halogens is 3. The summed E-state index contributed by atoms with van der Waals surface area (Å²) in [5.74, 6) is -4.75. The summed E-state index contributed by atoms with van der Waals surface area (Å²) >= 11 is 14.0. The van der Waals surface area contributed by atoms with Crippen molar-refractivity contribution >= 4 is 69.9 Å². The molecule has 7 nitrogen and oxygen atoms in total. The number of nitrogens with one attached hydrogen (secondary N) is 1. The van der Waals surface area contributed by atoms with Crippen LogP contribution in [0.4, 0.5) is 15.8 Å². The lowest BCUT2D eigenvalue weighted by Gasteiger charge is -2.33. The number of carboxylic acids is 1. The third-order valence-electron chi connectivity index (χ3n) is 5.59. The first-order valence-electron chi connectivity index (χ1n) is 10.7. The van der Waals surface area contributed by atoms with Gasteiger partial charge in [-0.1, -0.05) is 60.9 Å². The molecule has 2 aromatic carbocycles. The van der Waals surface area contributed by atoms with E-state index in [1.54, 1.807) is 38.1 Å². The van der Waals surface area contributed by atoms with Crippen molar-refractivity contribution in [1.82, 2.24) is 5.32 Å². The van der Waals surface area contributed by atoms with E-state index in [1.165, 1.54) is 16.7 Å². The summed E-state index contributed by atoms with van der Waals surface area (Å²) in [6.07, 6.45) is -0.998. The number of aliphatic carboxylic acids is 1. The van der Waals surface area contributed by atoms with Gasteiger partial charge in [0, 0.05) is 17.2 Å². The number of alkyl halides is 1. The molecule has 1 heterocycles. The van der Waals surface area contributed by atoms with E-state index >= 15 is 0 Å². The van der Waals surface area contributed by atoms with Gasteiger partial charge in [-0.3, -0.25) is 24.1 Å². The maximum atomic E-state index is 13.6. The van der Waals surface area contributed by atoms with Gasteiger partial charge in [-0.2, -0.15) is 0 Å². The summed E-state index contributed by atoms with van der Waals surface area (Å²) in [6, 6.07) is 8.97. The van der Waals surface area contributed by atoms with Crippen LogP contribution in [0.2, 0.25) is 10.0 Å². The van der Waals surface area contributed by atoms with E-state index in [1.807, 2.05) is 12.1 Å². The first kappa shape index (κ1) is 27.0. The van der Waals surface area contributed by atoms with Crippen LogP contribution in [0.25, 0.3) is 0 Å². The number of anilines is 2. The topological polar surface area (TPSA) is 104 Å². The summed E-state index contributed by atoms with van der Waals surface area (Å²) in [7, 11) is 0. The van der Waals surface area contributed by atoms with Gasteiger partial charge < -0.3 is 10.4 Å². The van der Waals surface area contributed by atoms with Crippen LogP contribution in [0.3, 0.4) is 0 Å². The molecule has 2 atom stereocenters. The standard InChI is InChI=1S/C24H23Cl2FN2O5S/c1-12(2)13(24(34)28-15(10-21(32)33)18(30)11-27)9-20(31)29-16-5-3-4-6-19(16)35-23-17(29)8-7-14(25)22(23)26/h3-8,12-13,15H,9-11H2,1-2H3,(H,28,34)(H,32,33)/t13-,15?/m0/s1. The first-order valence-corrected chi connectivity index (χ1v) is 12.3. The Balaban J connectivity index is 1.92. The lowest BCUT2D eigenvalue weighted by molar-refractivity contribution is -0.141. The Labute approximate surface area is 216 Å². The zero-order valence-electron chi connectivity index (χ0n) is 18.9. The smallest absolute Gasteiger partial charge is 0.305 e. The van der Waals surface area contributed by atoms with Crippen LogP contribution in [0.1, 0.15) is 26.7 Å². The van der Waals surface area contributed by atoms with E-state index in [4.69, 9.17) is 28.3 Å². The van der Waals surface area contributed by atoms with E-state index in [9.17, 15) is 23.6 Å². The number of fused-ring (bicyclic) bond motifs is 2. The molecule has 2 aromatic rings. The number of benzene rings is 2. The lowest BCUT2D eigenvalue weighted by atomic mass is 9.90. The molecule has 0 saturated carbocycles. The molecule has 2 amide bonds. The molecular weight excluding hydrogens is 518 g/mol. The van der Waals surface area contributed by atoms with Crippen LogP contribution >= 0.6 is 35.0 Å². The van der Waals surface area contributed by atoms with Gasteiger partial charge in [-0.15, -0.1) is 0 Å². The second kappa shape index (κ2) is 11.4. The van der Waals surface area contributed by atoms with E-state index in [0.717, 1.165) is 4.90 Å². The predicted octanol–water partition coefficient (Wildman–Crippen LogP) is 5.28. The van der Waals surface area contributed by atoms with E-state index < -0.39 is 48.6 Å². The number of carboxylic acid groups (broad SMARTS) is 1. The Hall–Kier alpha value is -2.62. The van der Waals surface area contributed by atoms with Gasteiger partial charge in [0.2, 0.25) is 11.8 Å². The Morgan fingerprint density at radius 1 is 1.06 bits per heavy atom. The number of amides is 2. The van der Waals surface area contributed by atoms with Crippen molar-refractivity contribution in [2.75, 3.05) is 11.6 Å². The van der Waals surface area contributed by atoms with Crippen LogP contribution in [0, 0.1) is 11.8 Å². The third kappa shape index (κ3) is 5.97. The van der Waals surface area contributed by atoms with Crippen molar-refractivity contribution in [3.05, 3.63) is 46.4 Å². The van der Waals surface area contributed by atoms with Crippen LogP contribution in [-0.2, 0) is 19.2 Å². The second-order valence-electron chi connectivity index (χ2n) is 8.32. The number of nitrogens with zero attached hydrogens (tertiary/aromatic N) is 1. The summed E-state index contributed by atoms with van der Waals surface area (Å²) in [5, 5.41) is 12.0. The average Bonchev–Trinajstić information content (AvgIpc) is 2.81. The number of rotatable bonds is 9. The molecule has 0 saturated heterocycles. The van der Waals surface area contributed by atoms with Crippen molar-refractivity contribution in [2.24, 2.45) is 11.8 Å². The van der Waals surface area contributed by atoms with Crippen LogP contribution in [0.15, 0.2) is 46.2 Å². The predicted molar refractivity (Wildman–Crippen MR) is 132 cm³/mol. The van der Waals surface area contributed by atoms with Crippen molar-refractivity contribution in [3.8, 4) is 0 Å². The Kier molecular flexibility index (Phi) is 8.79. The van der Waals surface area contributed by atoms with Gasteiger partial charge in [-0.05, 0) is 30.2 Å². The van der Waals surface area contributed by atoms with E-state index in [0.29, 0.717) is 26.3 Å². The molecule has 2 N–H and O–H groups in total. The van der Waals surface area contributed by atoms with Crippen molar-refractivity contribution < 1.29 is 28.7 Å². The summed E-state index contributed by atoms with van der Waals surface area (Å²) in [6.45, 7) is 2.04. The quantitative estimate of drug-likeness (QED) is 0.448. The minimum Gasteiger partial charge on any atom is -0.481 e. The fourth-order valence-electron chi connectivity index (χ4n) is 3.73. The molecule has 35 heavy (non-hydrogen) atoms. The van der Waals surface area contributed by atoms with E-state index in [-0.39, 0.29) is 12.3 Å². The molecular formula is C24H23Cl2FN2O5S. The monoisotopic (exact) mass is 540 g/mol. The molecule has 0 radical (unpaired) electrons. The zero-order valence-corrected chi connectivity index (χ0v) is 21.2. The molecule has 1 aliphatic heterocycles. The molecule has 0 aromatic heterocycles. The summed E-state index contributed by atoms with van der Waals surface area (Å²) < 4.78 is 12.9. The number of hydrogen-bond acceptors (Lipinski definition) is 5. The van der Waals surface area contributed by atoms with Crippen LogP contribution in [0.5, 0.6) is 0 Å². The SMILES string of the molecule is CC(C)[C@H](CC(=O)N1c2ccccc2Sc2c1ccc(Cl)c2Cl)C(=O)NC(CC(=O)O)C(=O)CF. The van der Waals surface area contributed by atoms with Gasteiger partial charge in [0.1, 0.15) is 12.7 Å². The van der Waals surface area contributed by atoms with Gasteiger partial charge in [-0.25, -0.2) is 4.39 Å². The van der Waals surface area contributed by atoms with Gasteiger partial charge in [0.25, 0.3) is 0 Å². The fraction of sp³-hybridized carbons (Fsp3) is 0.333. The van der Waals surface area contributed by atoms with Crippen molar-refractivity contribution in [2.45, 2.75) is 42.5 Å². The first-order chi connectivity index (χ1) is 16.5. The number of carbonyl (C=O) groups is 4. The Morgan fingerprint density at radius 2 is 1.74 bits per heavy atom. The highest BCUT2D eigenvalue weighted by atomic mass is 35.5. The molecule has 11 heteroatoms. The van der Waals surface area contributed by atoms with Gasteiger partial charge >= 0.3 is 5.97 Å². The average molecular weight is 541 g/mol. The van der Waals surface area contributed by atoms with Crippen molar-refractivity contribution in [3.63, 3.8) is 0 Å². The van der Waals surface area contributed by atoms with Gasteiger partial charge in [0.15, 0.2) is 5.78 Å². The Morgan fingerprint density at radius 3 is 2.37 bits per heavy atom. The highest BCUT2D eigenvalue weighted by Crippen LogP contribution is 2.52. The summed E-state index contributed by atoms with van der Waals surface area (Å²) in [4.78, 5) is 52.4. The number of carbonyl (C=O) groups excluding carboxylic acids is 3. The summed E-state index contributed by atoms with van der Waals surface area (Å²) in [5.41, 5.74) is 1.14. The fourth-order valence-corrected chi connectivity index (χ4v) is 5.32. The molecule has 0 fully saturated rings. The van der Waals surface area contributed by atoms with Crippen molar-refractivity contribution in [1.29, 1.82) is 0 Å². The van der Waals surface area contributed by atoms with Crippen LogP contribution < -0.4 is 10.2 Å². The number of para-hydroxylation sites is 1. The lowest BCUT2D eigenvalue weighted by Crippen LogP contribution is -2.47. The molecule has 186 valence electrons. The number of Topliss-reactive ketones (excluding diaryl/α,β-unsaturated/α-hetero) is 1. The largest absolute Gasteiger partial charge is 0.481 e. The molecule has 1 aliphatic rings. The highest BCUT2D eigenvalue weighted by Gasteiger charge is 2.35. The minimum absolute atomic E-state index is 0.244.